The number of amides is 1. The fraction of sp³-hybridized carbons (Fsp3) is 0.158. The number of aromatic nitrogens is 2. The first-order chi connectivity index (χ1) is 12.5. The van der Waals surface area contributed by atoms with Gasteiger partial charge in [0, 0.05) is 5.02 Å². The van der Waals surface area contributed by atoms with E-state index in [0.29, 0.717) is 40.9 Å². The molecule has 0 radical (unpaired) electrons. The molecule has 7 heteroatoms. The molecular weight excluding hydrogens is 357 g/mol. The third kappa shape index (κ3) is 4.21. The van der Waals surface area contributed by atoms with Gasteiger partial charge in [0.05, 0.1) is 29.7 Å². The summed E-state index contributed by atoms with van der Waals surface area (Å²) in [6, 6.07) is 12.9. The van der Waals surface area contributed by atoms with E-state index in [1.807, 2.05) is 0 Å². The van der Waals surface area contributed by atoms with Crippen LogP contribution in [-0.2, 0) is 0 Å². The minimum atomic E-state index is -0.322. The second kappa shape index (κ2) is 8.01. The van der Waals surface area contributed by atoms with E-state index in [1.54, 1.807) is 48.0 Å². The van der Waals surface area contributed by atoms with Crippen molar-refractivity contribution in [1.29, 1.82) is 0 Å². The molecule has 0 saturated carbocycles. The number of hydrogen-bond donors (Lipinski definition) is 1. The summed E-state index contributed by atoms with van der Waals surface area (Å²) in [6.07, 6.45) is 1.49. The molecule has 0 aliphatic heterocycles. The monoisotopic (exact) mass is 373 g/mol. The lowest BCUT2D eigenvalue weighted by atomic mass is 10.2. The van der Waals surface area contributed by atoms with Crippen LogP contribution in [0, 0.1) is 12.7 Å². The topological polar surface area (TPSA) is 56.1 Å². The maximum absolute atomic E-state index is 13.0. The van der Waals surface area contributed by atoms with Crippen LogP contribution < -0.4 is 10.1 Å². The van der Waals surface area contributed by atoms with Crippen LogP contribution in [-0.4, -0.2) is 28.8 Å². The second-order valence-electron chi connectivity index (χ2n) is 5.59. The van der Waals surface area contributed by atoms with E-state index in [9.17, 15) is 9.18 Å². The Labute approximate surface area is 155 Å². The molecule has 1 amide bonds. The van der Waals surface area contributed by atoms with Gasteiger partial charge in [-0.25, -0.2) is 9.07 Å². The average Bonchev–Trinajstić information content (AvgIpc) is 3.02. The number of rotatable bonds is 6. The zero-order chi connectivity index (χ0) is 18.5. The van der Waals surface area contributed by atoms with Crippen LogP contribution in [0.1, 0.15) is 16.1 Å². The SMILES string of the molecule is Cc1c(C(=O)NCCOc2ccc(Cl)cc2)cnn1-c1ccc(F)cc1. The van der Waals surface area contributed by atoms with Crippen molar-refractivity contribution in [1.82, 2.24) is 15.1 Å². The molecule has 3 aromatic rings. The lowest BCUT2D eigenvalue weighted by Gasteiger charge is -2.08. The summed E-state index contributed by atoms with van der Waals surface area (Å²) in [4.78, 5) is 12.3. The molecule has 134 valence electrons. The minimum Gasteiger partial charge on any atom is -0.492 e. The maximum Gasteiger partial charge on any atom is 0.254 e. The van der Waals surface area contributed by atoms with Crippen LogP contribution in [0.4, 0.5) is 4.39 Å². The number of nitrogens with zero attached hydrogens (tertiary/aromatic N) is 2. The normalized spacial score (nSPS) is 10.6. The summed E-state index contributed by atoms with van der Waals surface area (Å²) >= 11 is 5.81. The number of carbonyl (C=O) groups is 1. The van der Waals surface area contributed by atoms with Gasteiger partial charge >= 0.3 is 0 Å². The number of hydrogen-bond acceptors (Lipinski definition) is 3. The van der Waals surface area contributed by atoms with Gasteiger partial charge in [-0.15, -0.1) is 0 Å². The number of carbonyl (C=O) groups excluding carboxylic acids is 1. The Morgan fingerprint density at radius 3 is 2.58 bits per heavy atom. The lowest BCUT2D eigenvalue weighted by molar-refractivity contribution is 0.0946. The molecule has 3 rings (SSSR count). The highest BCUT2D eigenvalue weighted by Crippen LogP contribution is 2.16. The third-order valence-corrected chi connectivity index (χ3v) is 4.05. The number of nitrogens with one attached hydrogen (secondary N) is 1. The Kier molecular flexibility index (Phi) is 5.53. The first-order valence-electron chi connectivity index (χ1n) is 8.02. The van der Waals surface area contributed by atoms with Crippen molar-refractivity contribution in [3.05, 3.63) is 76.8 Å². The van der Waals surface area contributed by atoms with E-state index in [1.165, 1.54) is 18.3 Å². The lowest BCUT2D eigenvalue weighted by Crippen LogP contribution is -2.28. The number of halogens is 2. The molecule has 0 fully saturated rings. The third-order valence-electron chi connectivity index (χ3n) is 3.80. The average molecular weight is 374 g/mol. The highest BCUT2D eigenvalue weighted by Gasteiger charge is 2.14. The van der Waals surface area contributed by atoms with Gasteiger partial charge in [-0.3, -0.25) is 4.79 Å². The highest BCUT2D eigenvalue weighted by atomic mass is 35.5. The first kappa shape index (κ1) is 17.9. The smallest absolute Gasteiger partial charge is 0.254 e. The quantitative estimate of drug-likeness (QED) is 0.669. The Balaban J connectivity index is 1.56. The molecular formula is C19H17ClFN3O2. The molecule has 0 bridgehead atoms. The molecule has 0 spiro atoms. The van der Waals surface area contributed by atoms with E-state index >= 15 is 0 Å². The van der Waals surface area contributed by atoms with E-state index in [0.717, 1.165) is 0 Å². The van der Waals surface area contributed by atoms with Gasteiger partial charge in [-0.05, 0) is 55.5 Å². The van der Waals surface area contributed by atoms with E-state index in [4.69, 9.17) is 16.3 Å². The first-order valence-corrected chi connectivity index (χ1v) is 8.39. The Morgan fingerprint density at radius 1 is 1.19 bits per heavy atom. The van der Waals surface area contributed by atoms with Crippen molar-refractivity contribution in [3.63, 3.8) is 0 Å². The predicted octanol–water partition coefficient (Wildman–Crippen LogP) is 3.78. The standard InChI is InChI=1S/C19H17ClFN3O2/c1-13-18(12-23-24(13)16-6-4-15(21)5-7-16)19(25)22-10-11-26-17-8-2-14(20)3-9-17/h2-9,12H,10-11H2,1H3,(H,22,25). The fourth-order valence-electron chi connectivity index (χ4n) is 2.43. The summed E-state index contributed by atoms with van der Waals surface area (Å²) in [5.74, 6) is 0.122. The minimum absolute atomic E-state index is 0.240. The molecule has 1 N–H and O–H groups in total. The van der Waals surface area contributed by atoms with E-state index in [2.05, 4.69) is 10.4 Å². The largest absolute Gasteiger partial charge is 0.492 e. The van der Waals surface area contributed by atoms with Crippen molar-refractivity contribution >= 4 is 17.5 Å². The summed E-state index contributed by atoms with van der Waals surface area (Å²) in [6.45, 7) is 2.47. The van der Waals surface area contributed by atoms with Crippen LogP contribution in [0.2, 0.25) is 5.02 Å². The van der Waals surface area contributed by atoms with E-state index < -0.39 is 0 Å². The maximum atomic E-state index is 13.0. The van der Waals surface area contributed by atoms with Crippen LogP contribution >= 0.6 is 11.6 Å². The van der Waals surface area contributed by atoms with Gasteiger partial charge < -0.3 is 10.1 Å². The molecule has 0 aliphatic carbocycles. The van der Waals surface area contributed by atoms with Crippen molar-refractivity contribution in [2.24, 2.45) is 0 Å². The van der Waals surface area contributed by atoms with Gasteiger partial charge in [0.15, 0.2) is 0 Å². The predicted molar refractivity (Wildman–Crippen MR) is 97.5 cm³/mol. The van der Waals surface area contributed by atoms with E-state index in [-0.39, 0.29) is 11.7 Å². The van der Waals surface area contributed by atoms with Gasteiger partial charge in [0.25, 0.3) is 5.91 Å². The zero-order valence-corrected chi connectivity index (χ0v) is 14.8. The second-order valence-corrected chi connectivity index (χ2v) is 6.03. The molecule has 2 aromatic carbocycles. The summed E-state index contributed by atoms with van der Waals surface area (Å²) in [5.41, 5.74) is 1.82. The number of benzene rings is 2. The van der Waals surface area contributed by atoms with Crippen molar-refractivity contribution in [2.75, 3.05) is 13.2 Å². The molecule has 1 heterocycles. The molecule has 0 saturated heterocycles. The van der Waals surface area contributed by atoms with Crippen LogP contribution in [0.15, 0.2) is 54.7 Å². The highest BCUT2D eigenvalue weighted by molar-refractivity contribution is 6.30. The van der Waals surface area contributed by atoms with Gasteiger partial charge in [-0.1, -0.05) is 11.6 Å². The van der Waals surface area contributed by atoms with Gasteiger partial charge in [0.2, 0.25) is 0 Å². The summed E-state index contributed by atoms with van der Waals surface area (Å²) in [7, 11) is 0. The number of ether oxygens (including phenoxy) is 1. The Morgan fingerprint density at radius 2 is 1.88 bits per heavy atom. The fourth-order valence-corrected chi connectivity index (χ4v) is 2.56. The zero-order valence-electron chi connectivity index (χ0n) is 14.1. The Bertz CT molecular complexity index is 892. The van der Waals surface area contributed by atoms with Crippen LogP contribution in [0.3, 0.4) is 0 Å². The molecule has 1 aromatic heterocycles. The molecule has 0 atom stereocenters. The summed E-state index contributed by atoms with van der Waals surface area (Å²) in [5, 5.41) is 7.64. The van der Waals surface area contributed by atoms with Crippen molar-refractivity contribution < 1.29 is 13.9 Å². The molecule has 0 aliphatic rings. The van der Waals surface area contributed by atoms with Crippen molar-refractivity contribution in [2.45, 2.75) is 6.92 Å². The van der Waals surface area contributed by atoms with Crippen LogP contribution in [0.25, 0.3) is 5.69 Å². The van der Waals surface area contributed by atoms with Crippen LogP contribution in [0.5, 0.6) is 5.75 Å². The molecule has 26 heavy (non-hydrogen) atoms. The molecule has 0 unspecified atom stereocenters. The van der Waals surface area contributed by atoms with Gasteiger partial charge in [-0.2, -0.15) is 5.10 Å². The van der Waals surface area contributed by atoms with Crippen molar-refractivity contribution in [3.8, 4) is 11.4 Å². The molecule has 5 nitrogen and oxygen atoms in total. The Hall–Kier alpha value is -2.86. The van der Waals surface area contributed by atoms with Gasteiger partial charge in [0.1, 0.15) is 18.2 Å². The summed E-state index contributed by atoms with van der Waals surface area (Å²) < 4.78 is 20.2.